The minimum absolute atomic E-state index is 0.256. The van der Waals surface area contributed by atoms with E-state index >= 15 is 0 Å². The van der Waals surface area contributed by atoms with Gasteiger partial charge in [-0.25, -0.2) is 9.37 Å². The summed E-state index contributed by atoms with van der Waals surface area (Å²) in [5.41, 5.74) is 1.40. The van der Waals surface area contributed by atoms with E-state index in [2.05, 4.69) is 25.1 Å². The van der Waals surface area contributed by atoms with Gasteiger partial charge >= 0.3 is 0 Å². The second-order valence-corrected chi connectivity index (χ2v) is 7.57. The molecule has 2 fully saturated rings. The molecule has 1 N–H and O–H groups in total. The molecule has 29 heavy (non-hydrogen) atoms. The van der Waals surface area contributed by atoms with Crippen LogP contribution in [-0.4, -0.2) is 77.8 Å². The first-order valence-electron chi connectivity index (χ1n) is 10.2. The molecule has 0 radical (unpaired) electrons. The Morgan fingerprint density at radius 2 is 2.14 bits per heavy atom. The fourth-order valence-corrected chi connectivity index (χ4v) is 4.18. The summed E-state index contributed by atoms with van der Waals surface area (Å²) in [6.07, 6.45) is 4.58. The molecule has 4 rings (SSSR count). The first kappa shape index (κ1) is 19.8. The number of hydrogen-bond donors (Lipinski definition) is 1. The minimum atomic E-state index is -0.256. The smallest absolute Gasteiger partial charge is 0.193 e. The molecule has 0 saturated carbocycles. The first-order chi connectivity index (χ1) is 14.2. The van der Waals surface area contributed by atoms with Crippen molar-refractivity contribution in [2.24, 2.45) is 4.99 Å². The van der Waals surface area contributed by atoms with Crippen LogP contribution in [0.15, 0.2) is 35.6 Å². The van der Waals surface area contributed by atoms with Crippen molar-refractivity contribution in [3.05, 3.63) is 47.8 Å². The Balaban J connectivity index is 1.35. The lowest BCUT2D eigenvalue weighted by Gasteiger charge is -2.32. The lowest BCUT2D eigenvalue weighted by atomic mass is 10.2. The number of nitrogens with one attached hydrogen (secondary N) is 1. The van der Waals surface area contributed by atoms with Crippen molar-refractivity contribution >= 4 is 5.96 Å². The average molecular weight is 401 g/mol. The predicted octanol–water partition coefficient (Wildman–Crippen LogP) is 1.80. The number of hydrogen-bond acceptors (Lipinski definition) is 4. The maximum Gasteiger partial charge on any atom is 0.193 e. The van der Waals surface area contributed by atoms with Gasteiger partial charge in [0.05, 0.1) is 18.9 Å². The van der Waals surface area contributed by atoms with Gasteiger partial charge in [0.1, 0.15) is 11.6 Å². The van der Waals surface area contributed by atoms with Crippen molar-refractivity contribution < 1.29 is 9.13 Å². The molecule has 1 aromatic carbocycles. The van der Waals surface area contributed by atoms with E-state index in [1.807, 2.05) is 13.0 Å². The maximum absolute atomic E-state index is 14.6. The van der Waals surface area contributed by atoms with E-state index in [0.29, 0.717) is 18.3 Å². The summed E-state index contributed by atoms with van der Waals surface area (Å²) < 4.78 is 21.8. The van der Waals surface area contributed by atoms with Crippen LogP contribution in [0.4, 0.5) is 4.39 Å². The van der Waals surface area contributed by atoms with Gasteiger partial charge in [0.25, 0.3) is 0 Å². The molecule has 3 heterocycles. The number of aromatic nitrogens is 2. The number of aliphatic imine (C=N–C) groups is 1. The summed E-state index contributed by atoms with van der Waals surface area (Å²) in [7, 11) is 1.80. The molecule has 0 spiro atoms. The van der Waals surface area contributed by atoms with Gasteiger partial charge in [0.15, 0.2) is 5.96 Å². The third kappa shape index (κ3) is 4.43. The fourth-order valence-electron chi connectivity index (χ4n) is 4.18. The van der Waals surface area contributed by atoms with Crippen LogP contribution < -0.4 is 5.32 Å². The SMILES string of the molecule is CN=C(NCc1ccc(-n2ccnc2C)c(F)c1)N1CCC(N2CCOCC2)C1. The molecule has 1 aromatic heterocycles. The summed E-state index contributed by atoms with van der Waals surface area (Å²) >= 11 is 0. The summed E-state index contributed by atoms with van der Waals surface area (Å²) in [6, 6.07) is 5.87. The monoisotopic (exact) mass is 400 g/mol. The topological polar surface area (TPSA) is 57.9 Å². The second-order valence-electron chi connectivity index (χ2n) is 7.57. The summed E-state index contributed by atoms with van der Waals surface area (Å²) in [6.45, 7) is 8.00. The van der Waals surface area contributed by atoms with Crippen molar-refractivity contribution in [1.82, 2.24) is 24.7 Å². The van der Waals surface area contributed by atoms with Crippen molar-refractivity contribution in [1.29, 1.82) is 0 Å². The van der Waals surface area contributed by atoms with Gasteiger partial charge in [-0.1, -0.05) is 6.07 Å². The standard InChI is InChI=1S/C21H29FN6O/c1-16-24-6-8-28(16)20-4-3-17(13-19(20)22)14-25-21(23-2)27-7-5-18(15-27)26-9-11-29-12-10-26/h3-4,6,8,13,18H,5,7,9-12,14-15H2,1-2H3,(H,23,25). The zero-order chi connectivity index (χ0) is 20.2. The molecule has 1 atom stereocenters. The van der Waals surface area contributed by atoms with E-state index in [-0.39, 0.29) is 5.82 Å². The molecule has 8 heteroatoms. The molecule has 1 unspecified atom stereocenters. The number of likely N-dealkylation sites (tertiary alicyclic amines) is 1. The molecule has 2 aliphatic rings. The Morgan fingerprint density at radius 1 is 1.31 bits per heavy atom. The van der Waals surface area contributed by atoms with Crippen LogP contribution in [0.5, 0.6) is 0 Å². The number of aryl methyl sites for hydroxylation is 1. The Morgan fingerprint density at radius 3 is 2.83 bits per heavy atom. The van der Waals surface area contributed by atoms with E-state index in [1.54, 1.807) is 36.1 Å². The van der Waals surface area contributed by atoms with Gasteiger partial charge in [-0.2, -0.15) is 0 Å². The highest BCUT2D eigenvalue weighted by Crippen LogP contribution is 2.19. The van der Waals surface area contributed by atoms with E-state index in [0.717, 1.165) is 63.2 Å². The molecule has 2 saturated heterocycles. The highest BCUT2D eigenvalue weighted by atomic mass is 19.1. The van der Waals surface area contributed by atoms with Crippen LogP contribution in [0.3, 0.4) is 0 Å². The minimum Gasteiger partial charge on any atom is -0.379 e. The van der Waals surface area contributed by atoms with Crippen molar-refractivity contribution in [2.45, 2.75) is 25.9 Å². The largest absolute Gasteiger partial charge is 0.379 e. The Kier molecular flexibility index (Phi) is 6.10. The summed E-state index contributed by atoms with van der Waals surface area (Å²) in [5.74, 6) is 1.38. The van der Waals surface area contributed by atoms with Crippen LogP contribution in [-0.2, 0) is 11.3 Å². The molecular weight excluding hydrogens is 371 g/mol. The van der Waals surface area contributed by atoms with E-state index in [4.69, 9.17) is 4.74 Å². The molecule has 2 aromatic rings. The number of nitrogens with zero attached hydrogens (tertiary/aromatic N) is 5. The highest BCUT2D eigenvalue weighted by molar-refractivity contribution is 5.80. The normalized spacial score (nSPS) is 21.0. The zero-order valence-corrected chi connectivity index (χ0v) is 17.1. The molecule has 0 aliphatic carbocycles. The van der Waals surface area contributed by atoms with Crippen LogP contribution in [0.25, 0.3) is 5.69 Å². The highest BCUT2D eigenvalue weighted by Gasteiger charge is 2.30. The Bertz CT molecular complexity index is 861. The lowest BCUT2D eigenvalue weighted by Crippen LogP contribution is -2.46. The third-order valence-corrected chi connectivity index (χ3v) is 5.78. The summed E-state index contributed by atoms with van der Waals surface area (Å²) in [4.78, 5) is 13.4. The number of benzene rings is 1. The number of rotatable bonds is 4. The molecule has 0 bridgehead atoms. The lowest BCUT2D eigenvalue weighted by molar-refractivity contribution is 0.0195. The first-order valence-corrected chi connectivity index (χ1v) is 10.2. The maximum atomic E-state index is 14.6. The van der Waals surface area contributed by atoms with Crippen LogP contribution in [0.2, 0.25) is 0 Å². The van der Waals surface area contributed by atoms with Gasteiger partial charge in [-0.05, 0) is 31.0 Å². The zero-order valence-electron chi connectivity index (χ0n) is 17.1. The van der Waals surface area contributed by atoms with Gasteiger partial charge < -0.3 is 19.5 Å². The number of ether oxygens (including phenoxy) is 1. The molecule has 7 nitrogen and oxygen atoms in total. The van der Waals surface area contributed by atoms with Crippen LogP contribution in [0.1, 0.15) is 17.8 Å². The Labute approximate surface area is 171 Å². The number of halogens is 1. The number of morpholine rings is 1. The van der Waals surface area contributed by atoms with Crippen LogP contribution in [0, 0.1) is 12.7 Å². The van der Waals surface area contributed by atoms with Crippen LogP contribution >= 0.6 is 0 Å². The Hall–Kier alpha value is -2.45. The van der Waals surface area contributed by atoms with E-state index in [9.17, 15) is 4.39 Å². The van der Waals surface area contributed by atoms with E-state index < -0.39 is 0 Å². The van der Waals surface area contributed by atoms with Gasteiger partial charge in [-0.15, -0.1) is 0 Å². The molecule has 156 valence electrons. The molecule has 2 aliphatic heterocycles. The van der Waals surface area contributed by atoms with Gasteiger partial charge in [0.2, 0.25) is 0 Å². The van der Waals surface area contributed by atoms with E-state index in [1.165, 1.54) is 0 Å². The molecular formula is C21H29FN6O. The quantitative estimate of drug-likeness (QED) is 0.627. The fraction of sp³-hybridized carbons (Fsp3) is 0.524. The second kappa shape index (κ2) is 8.92. The van der Waals surface area contributed by atoms with Gasteiger partial charge in [-0.3, -0.25) is 9.89 Å². The average Bonchev–Trinajstić information content (AvgIpc) is 3.39. The van der Waals surface area contributed by atoms with Crippen molar-refractivity contribution in [2.75, 3.05) is 46.4 Å². The molecule has 0 amide bonds. The summed E-state index contributed by atoms with van der Waals surface area (Å²) in [5, 5.41) is 3.39. The number of imidazole rings is 1. The third-order valence-electron chi connectivity index (χ3n) is 5.78. The van der Waals surface area contributed by atoms with Crippen molar-refractivity contribution in [3.8, 4) is 5.69 Å². The van der Waals surface area contributed by atoms with Crippen molar-refractivity contribution in [3.63, 3.8) is 0 Å². The van der Waals surface area contributed by atoms with Gasteiger partial charge in [0, 0.05) is 58.2 Å². The predicted molar refractivity (Wildman–Crippen MR) is 111 cm³/mol. The number of guanidine groups is 1.